The summed E-state index contributed by atoms with van der Waals surface area (Å²) in [6, 6.07) is 15.0. The van der Waals surface area contributed by atoms with Gasteiger partial charge in [-0.2, -0.15) is 0 Å². The molecule has 1 nitrogen and oxygen atoms in total. The summed E-state index contributed by atoms with van der Waals surface area (Å²) >= 11 is 0. The van der Waals surface area contributed by atoms with Crippen LogP contribution in [0, 0.1) is 13.8 Å². The van der Waals surface area contributed by atoms with Crippen LogP contribution in [0.2, 0.25) is 0 Å². The number of nitrogens with zero attached hydrogens (tertiary/aromatic N) is 1. The Morgan fingerprint density at radius 3 is 2.10 bits per heavy atom. The van der Waals surface area contributed by atoms with E-state index >= 15 is 0 Å². The van der Waals surface area contributed by atoms with Gasteiger partial charge in [0.2, 0.25) is 5.69 Å². The summed E-state index contributed by atoms with van der Waals surface area (Å²) in [5.41, 5.74) is 9.08. The standard InChI is InChI=1S/C30H40N/c1-19(2)23-11-12-25(20(3)4)28(16-23)26-18-27(22(6)15-21(26)5)29-17-24(30(7,8)9)13-14-31(29)10/h11-20H,1-10H3/q+1/i5D3. The molecule has 0 aliphatic carbocycles. The molecule has 0 fully saturated rings. The average Bonchev–Trinajstić information content (AvgIpc) is 2.72. The molecule has 0 bridgehead atoms. The van der Waals surface area contributed by atoms with Crippen LogP contribution in [0.4, 0.5) is 0 Å². The first kappa shape index (κ1) is 19.3. The van der Waals surface area contributed by atoms with Gasteiger partial charge in [-0.3, -0.25) is 0 Å². The Labute approximate surface area is 194 Å². The van der Waals surface area contributed by atoms with E-state index in [1.54, 1.807) is 0 Å². The Balaban J connectivity index is 2.41. The van der Waals surface area contributed by atoms with Crippen molar-refractivity contribution < 1.29 is 8.68 Å². The first-order chi connectivity index (χ1) is 15.6. The lowest BCUT2D eigenvalue weighted by Gasteiger charge is -2.21. The van der Waals surface area contributed by atoms with Gasteiger partial charge in [0.25, 0.3) is 0 Å². The SMILES string of the molecule is [2H]C([2H])([2H])c1cc(C)c(-c2cc(C(C)(C)C)cc[n+]2C)cc1-c1cc(C(C)C)ccc1C(C)C. The zero-order valence-electron chi connectivity index (χ0n) is 23.7. The summed E-state index contributed by atoms with van der Waals surface area (Å²) in [6.07, 6.45) is 2.10. The van der Waals surface area contributed by atoms with Crippen molar-refractivity contribution in [3.8, 4) is 22.4 Å². The Bertz CT molecular complexity index is 1190. The van der Waals surface area contributed by atoms with E-state index in [0.29, 0.717) is 11.5 Å². The van der Waals surface area contributed by atoms with Gasteiger partial charge in [0.05, 0.1) is 0 Å². The Kier molecular flexibility index (Phi) is 5.36. The van der Waals surface area contributed by atoms with Gasteiger partial charge >= 0.3 is 0 Å². The van der Waals surface area contributed by atoms with Gasteiger partial charge in [-0.05, 0) is 76.0 Å². The maximum atomic E-state index is 8.34. The number of aromatic nitrogens is 1. The lowest BCUT2D eigenvalue weighted by molar-refractivity contribution is -0.660. The van der Waals surface area contributed by atoms with Crippen LogP contribution in [-0.4, -0.2) is 0 Å². The molecule has 1 aromatic heterocycles. The maximum absolute atomic E-state index is 8.34. The monoisotopic (exact) mass is 417 g/mol. The van der Waals surface area contributed by atoms with E-state index < -0.39 is 6.85 Å². The largest absolute Gasteiger partial charge is 0.212 e. The minimum atomic E-state index is -2.20. The van der Waals surface area contributed by atoms with E-state index in [9.17, 15) is 0 Å². The minimum Gasteiger partial charge on any atom is -0.201 e. The molecular weight excluding hydrogens is 374 g/mol. The van der Waals surface area contributed by atoms with Gasteiger partial charge in [-0.25, -0.2) is 4.57 Å². The minimum absolute atomic E-state index is 0.0226. The van der Waals surface area contributed by atoms with Crippen LogP contribution >= 0.6 is 0 Å². The third-order valence-electron chi connectivity index (χ3n) is 6.31. The molecule has 0 atom stereocenters. The highest BCUT2D eigenvalue weighted by atomic mass is 14.9. The molecule has 0 aliphatic rings. The van der Waals surface area contributed by atoms with E-state index in [4.69, 9.17) is 4.11 Å². The molecule has 164 valence electrons. The second-order valence-corrected chi connectivity index (χ2v) is 10.5. The number of rotatable bonds is 4. The molecule has 0 spiro atoms. The third kappa shape index (κ3) is 4.76. The third-order valence-corrected chi connectivity index (χ3v) is 6.31. The first-order valence-electron chi connectivity index (χ1n) is 12.9. The number of benzene rings is 2. The smallest absolute Gasteiger partial charge is 0.201 e. The van der Waals surface area contributed by atoms with Crippen LogP contribution in [0.3, 0.4) is 0 Å². The van der Waals surface area contributed by atoms with Crippen LogP contribution in [-0.2, 0) is 12.5 Å². The molecule has 0 saturated carbocycles. The van der Waals surface area contributed by atoms with Crippen LogP contribution in [0.15, 0.2) is 48.7 Å². The lowest BCUT2D eigenvalue weighted by atomic mass is 9.84. The summed E-state index contributed by atoms with van der Waals surface area (Å²) < 4.78 is 27.1. The molecule has 3 rings (SSSR count). The van der Waals surface area contributed by atoms with Crippen molar-refractivity contribution in [2.75, 3.05) is 0 Å². The van der Waals surface area contributed by atoms with E-state index in [0.717, 1.165) is 27.9 Å². The molecular formula is C30H40N+. The van der Waals surface area contributed by atoms with Gasteiger partial charge in [-0.1, -0.05) is 72.7 Å². The molecule has 2 aromatic carbocycles. The van der Waals surface area contributed by atoms with Crippen molar-refractivity contribution in [2.45, 2.75) is 79.5 Å². The predicted molar refractivity (Wildman–Crippen MR) is 135 cm³/mol. The van der Waals surface area contributed by atoms with E-state index in [-0.39, 0.29) is 11.3 Å². The lowest BCUT2D eigenvalue weighted by Crippen LogP contribution is -2.32. The maximum Gasteiger partial charge on any atom is 0.212 e. The Morgan fingerprint density at radius 2 is 1.52 bits per heavy atom. The van der Waals surface area contributed by atoms with Gasteiger partial charge < -0.3 is 0 Å². The van der Waals surface area contributed by atoms with Crippen molar-refractivity contribution in [3.05, 3.63) is 76.5 Å². The zero-order chi connectivity index (χ0) is 25.6. The van der Waals surface area contributed by atoms with Crippen molar-refractivity contribution in [2.24, 2.45) is 7.05 Å². The zero-order valence-corrected chi connectivity index (χ0v) is 20.7. The number of aryl methyl sites for hydroxylation is 3. The molecule has 1 heterocycles. The summed E-state index contributed by atoms with van der Waals surface area (Å²) in [7, 11) is 2.05. The van der Waals surface area contributed by atoms with Gasteiger partial charge in [0.1, 0.15) is 7.05 Å². The molecule has 0 N–H and O–H groups in total. The fourth-order valence-electron chi connectivity index (χ4n) is 4.18. The van der Waals surface area contributed by atoms with E-state index in [1.165, 1.54) is 16.7 Å². The van der Waals surface area contributed by atoms with E-state index in [2.05, 4.69) is 103 Å². The number of hydrogen-bond acceptors (Lipinski definition) is 0. The second-order valence-electron chi connectivity index (χ2n) is 10.5. The Hall–Kier alpha value is -2.41. The summed E-state index contributed by atoms with van der Waals surface area (Å²) in [5, 5.41) is 0. The summed E-state index contributed by atoms with van der Waals surface area (Å²) in [5.74, 6) is 0.646. The topological polar surface area (TPSA) is 3.88 Å². The molecule has 0 saturated heterocycles. The number of hydrogen-bond donors (Lipinski definition) is 0. The van der Waals surface area contributed by atoms with Gasteiger partial charge in [0.15, 0.2) is 6.20 Å². The van der Waals surface area contributed by atoms with Crippen LogP contribution < -0.4 is 4.57 Å². The quantitative estimate of drug-likeness (QED) is 0.378. The van der Waals surface area contributed by atoms with Gasteiger partial charge in [0, 0.05) is 21.8 Å². The van der Waals surface area contributed by atoms with Crippen LogP contribution in [0.5, 0.6) is 0 Å². The highest BCUT2D eigenvalue weighted by Crippen LogP contribution is 2.37. The summed E-state index contributed by atoms with van der Waals surface area (Å²) in [6.45, 7) is 15.2. The Morgan fingerprint density at radius 1 is 0.806 bits per heavy atom. The average molecular weight is 418 g/mol. The van der Waals surface area contributed by atoms with Crippen molar-refractivity contribution in [1.29, 1.82) is 0 Å². The van der Waals surface area contributed by atoms with Gasteiger partial charge in [-0.15, -0.1) is 0 Å². The molecule has 31 heavy (non-hydrogen) atoms. The highest BCUT2D eigenvalue weighted by molar-refractivity contribution is 5.78. The number of pyridine rings is 1. The molecule has 3 aromatic rings. The van der Waals surface area contributed by atoms with E-state index in [1.807, 2.05) is 13.0 Å². The first-order valence-corrected chi connectivity index (χ1v) is 11.4. The highest BCUT2D eigenvalue weighted by Gasteiger charge is 2.22. The molecule has 0 radical (unpaired) electrons. The predicted octanol–water partition coefficient (Wildman–Crippen LogP) is 8.01. The van der Waals surface area contributed by atoms with Crippen LogP contribution in [0.25, 0.3) is 22.4 Å². The van der Waals surface area contributed by atoms with Crippen molar-refractivity contribution in [1.82, 2.24) is 0 Å². The van der Waals surface area contributed by atoms with Crippen LogP contribution in [0.1, 0.15) is 92.2 Å². The fourth-order valence-corrected chi connectivity index (χ4v) is 4.18. The fraction of sp³-hybridized carbons (Fsp3) is 0.433. The van der Waals surface area contributed by atoms with Crippen molar-refractivity contribution in [3.63, 3.8) is 0 Å². The van der Waals surface area contributed by atoms with Crippen molar-refractivity contribution >= 4 is 0 Å². The molecule has 0 aliphatic heterocycles. The molecule has 0 unspecified atom stereocenters. The molecule has 0 amide bonds. The second kappa shape index (κ2) is 8.61. The normalized spacial score (nSPS) is 14.0. The molecule has 1 heteroatoms. The summed E-state index contributed by atoms with van der Waals surface area (Å²) in [4.78, 5) is 0.